The maximum Gasteiger partial charge on any atom is 0.343 e. The number of aromatic amines is 1. The molecule has 1 aromatic heterocycles. The van der Waals surface area contributed by atoms with E-state index < -0.39 is 11.9 Å². The van der Waals surface area contributed by atoms with E-state index in [-0.39, 0.29) is 11.4 Å². The Kier molecular flexibility index (Phi) is 9.25. The van der Waals surface area contributed by atoms with Crippen molar-refractivity contribution in [2.24, 2.45) is 5.10 Å². The summed E-state index contributed by atoms with van der Waals surface area (Å²) in [5.41, 5.74) is 5.11. The van der Waals surface area contributed by atoms with Crippen LogP contribution in [-0.2, 0) is 0 Å². The largest absolute Gasteiger partial charge is 0.497 e. The molecule has 5 aromatic rings. The highest BCUT2D eigenvalue weighted by Crippen LogP contribution is 2.41. The van der Waals surface area contributed by atoms with E-state index >= 15 is 0 Å². The fourth-order valence-electron chi connectivity index (χ4n) is 4.23. The van der Waals surface area contributed by atoms with Crippen LogP contribution in [0.5, 0.6) is 11.5 Å². The van der Waals surface area contributed by atoms with Gasteiger partial charge in [-0.2, -0.15) is 5.10 Å². The van der Waals surface area contributed by atoms with Gasteiger partial charge in [-0.1, -0.05) is 68.9 Å². The first-order valence-electron chi connectivity index (χ1n) is 12.1. The van der Waals surface area contributed by atoms with Gasteiger partial charge in [0.2, 0.25) is 0 Å². The van der Waals surface area contributed by atoms with Gasteiger partial charge >= 0.3 is 5.97 Å². The molecular formula is C30H18Br2Cl3N3O4. The Morgan fingerprint density at radius 2 is 1.69 bits per heavy atom. The second-order valence-corrected chi connectivity index (χ2v) is 11.8. The molecule has 0 unspecified atom stereocenters. The molecule has 1 amide bonds. The quantitative estimate of drug-likeness (QED) is 0.0751. The second kappa shape index (κ2) is 12.9. The number of esters is 1. The number of hydrazone groups is 1. The monoisotopic (exact) mass is 747 g/mol. The van der Waals surface area contributed by atoms with E-state index in [0.717, 1.165) is 0 Å². The van der Waals surface area contributed by atoms with E-state index in [4.69, 9.17) is 44.3 Å². The Balaban J connectivity index is 1.46. The first-order chi connectivity index (χ1) is 20.2. The van der Waals surface area contributed by atoms with Gasteiger partial charge in [-0.25, -0.2) is 10.2 Å². The van der Waals surface area contributed by atoms with Crippen LogP contribution in [0.25, 0.3) is 22.0 Å². The van der Waals surface area contributed by atoms with Crippen LogP contribution in [0.4, 0.5) is 0 Å². The summed E-state index contributed by atoms with van der Waals surface area (Å²) in [7, 11) is 1.54. The number of ether oxygens (including phenoxy) is 2. The zero-order valence-corrected chi connectivity index (χ0v) is 26.9. The Bertz CT molecular complexity index is 1870. The standard InChI is InChI=1S/C30H18Br2Cl3N3O4/c1-41-19-8-6-15(7-9-19)30(40)42-28-16(10-17(31)11-21(28)32)14-36-38-29(39)27-25(20-4-2-3-5-22(20)34)26-23(35)12-18(33)13-24(26)37-27/h2-14,37H,1H3,(H,38,39). The van der Waals surface area contributed by atoms with Crippen LogP contribution >= 0.6 is 66.7 Å². The van der Waals surface area contributed by atoms with Gasteiger partial charge in [-0.3, -0.25) is 4.79 Å². The minimum Gasteiger partial charge on any atom is -0.497 e. The van der Waals surface area contributed by atoms with Gasteiger partial charge in [-0.15, -0.1) is 0 Å². The highest BCUT2D eigenvalue weighted by Gasteiger charge is 2.23. The third-order valence-electron chi connectivity index (χ3n) is 6.11. The summed E-state index contributed by atoms with van der Waals surface area (Å²) in [5, 5.41) is 5.93. The van der Waals surface area contributed by atoms with Crippen molar-refractivity contribution in [3.8, 4) is 22.6 Å². The van der Waals surface area contributed by atoms with Crippen LogP contribution in [0.1, 0.15) is 26.4 Å². The molecule has 0 aliphatic heterocycles. The van der Waals surface area contributed by atoms with Crippen molar-refractivity contribution in [1.82, 2.24) is 10.4 Å². The molecule has 2 N–H and O–H groups in total. The van der Waals surface area contributed by atoms with Crippen LogP contribution in [-0.4, -0.2) is 30.2 Å². The van der Waals surface area contributed by atoms with Gasteiger partial charge in [-0.05, 0) is 70.5 Å². The average Bonchev–Trinajstić information content (AvgIpc) is 3.34. The molecule has 7 nitrogen and oxygen atoms in total. The SMILES string of the molecule is COc1ccc(C(=O)Oc2c(Br)cc(Br)cc2C=NNC(=O)c2[nH]c3cc(Cl)cc(Cl)c3c2-c2ccccc2Cl)cc1. The molecule has 4 aromatic carbocycles. The Morgan fingerprint density at radius 3 is 2.40 bits per heavy atom. The predicted molar refractivity (Wildman–Crippen MR) is 174 cm³/mol. The molecule has 5 rings (SSSR count). The first-order valence-corrected chi connectivity index (χ1v) is 14.8. The van der Waals surface area contributed by atoms with Crippen molar-refractivity contribution in [1.29, 1.82) is 0 Å². The van der Waals surface area contributed by atoms with Gasteiger partial charge < -0.3 is 14.5 Å². The van der Waals surface area contributed by atoms with Crippen LogP contribution in [0, 0.1) is 0 Å². The van der Waals surface area contributed by atoms with Crippen molar-refractivity contribution < 1.29 is 19.1 Å². The number of nitrogens with one attached hydrogen (secondary N) is 2. The lowest BCUT2D eigenvalue weighted by Gasteiger charge is -2.11. The number of H-pyrrole nitrogens is 1. The zero-order valence-electron chi connectivity index (χ0n) is 21.5. The second-order valence-electron chi connectivity index (χ2n) is 8.79. The van der Waals surface area contributed by atoms with Crippen LogP contribution in [0.2, 0.25) is 15.1 Å². The number of halogens is 5. The van der Waals surface area contributed by atoms with Gasteiger partial charge in [0.05, 0.1) is 28.4 Å². The normalized spacial score (nSPS) is 11.2. The zero-order chi connectivity index (χ0) is 30.0. The molecule has 212 valence electrons. The van der Waals surface area contributed by atoms with E-state index in [0.29, 0.717) is 62.9 Å². The number of hydrogen-bond donors (Lipinski definition) is 2. The fraction of sp³-hybridized carbons (Fsp3) is 0.0333. The van der Waals surface area contributed by atoms with E-state index in [1.54, 1.807) is 66.7 Å². The van der Waals surface area contributed by atoms with E-state index in [2.05, 4.69) is 47.4 Å². The Hall–Kier alpha value is -3.34. The van der Waals surface area contributed by atoms with Crippen LogP contribution in [0.15, 0.2) is 86.8 Å². The number of aromatic nitrogens is 1. The molecule has 0 bridgehead atoms. The number of fused-ring (bicyclic) bond motifs is 1. The number of benzene rings is 4. The third-order valence-corrected chi connectivity index (χ3v) is 8.01. The van der Waals surface area contributed by atoms with E-state index in [1.165, 1.54) is 13.3 Å². The van der Waals surface area contributed by atoms with E-state index in [9.17, 15) is 9.59 Å². The predicted octanol–water partition coefficient (Wildman–Crippen LogP) is 9.31. The third kappa shape index (κ3) is 6.35. The molecule has 0 saturated heterocycles. The minimum absolute atomic E-state index is 0.181. The highest BCUT2D eigenvalue weighted by atomic mass is 79.9. The van der Waals surface area contributed by atoms with Crippen LogP contribution in [0.3, 0.4) is 0 Å². The summed E-state index contributed by atoms with van der Waals surface area (Å²) in [6, 6.07) is 20.3. The number of nitrogens with zero attached hydrogens (tertiary/aromatic N) is 1. The van der Waals surface area contributed by atoms with Gasteiger partial charge in [0.1, 0.15) is 11.4 Å². The minimum atomic E-state index is -0.586. The lowest BCUT2D eigenvalue weighted by Crippen LogP contribution is -2.19. The van der Waals surface area contributed by atoms with Gasteiger partial charge in [0.15, 0.2) is 5.75 Å². The number of amides is 1. The molecular weight excluding hydrogens is 733 g/mol. The number of carbonyl (C=O) groups excluding carboxylic acids is 2. The van der Waals surface area contributed by atoms with Gasteiger partial charge in [0, 0.05) is 42.1 Å². The molecule has 0 aliphatic rings. The fourth-order valence-corrected chi connectivity index (χ4v) is 6.39. The first kappa shape index (κ1) is 30.1. The summed E-state index contributed by atoms with van der Waals surface area (Å²) in [6.45, 7) is 0. The molecule has 12 heteroatoms. The molecule has 1 heterocycles. The summed E-state index contributed by atoms with van der Waals surface area (Å²) in [4.78, 5) is 29.4. The smallest absolute Gasteiger partial charge is 0.343 e. The van der Waals surface area contributed by atoms with Crippen LogP contribution < -0.4 is 14.9 Å². The van der Waals surface area contributed by atoms with Gasteiger partial charge in [0.25, 0.3) is 5.91 Å². The number of hydrogen-bond acceptors (Lipinski definition) is 5. The topological polar surface area (TPSA) is 92.8 Å². The van der Waals surface area contributed by atoms with E-state index in [1.807, 2.05) is 6.07 Å². The highest BCUT2D eigenvalue weighted by molar-refractivity contribution is 9.11. The molecule has 42 heavy (non-hydrogen) atoms. The Labute approximate surface area is 272 Å². The molecule has 0 fully saturated rings. The number of methoxy groups -OCH3 is 1. The maximum atomic E-state index is 13.5. The maximum absolute atomic E-state index is 13.5. The van der Waals surface area contributed by atoms with Crippen molar-refractivity contribution in [2.45, 2.75) is 0 Å². The summed E-state index contributed by atoms with van der Waals surface area (Å²) in [6.07, 6.45) is 1.37. The molecule has 0 radical (unpaired) electrons. The molecule has 0 saturated carbocycles. The summed E-state index contributed by atoms with van der Waals surface area (Å²) < 4.78 is 12.0. The molecule has 0 aliphatic carbocycles. The lowest BCUT2D eigenvalue weighted by atomic mass is 10.0. The van der Waals surface area contributed by atoms with Crippen molar-refractivity contribution in [2.75, 3.05) is 7.11 Å². The lowest BCUT2D eigenvalue weighted by molar-refractivity contribution is 0.0732. The number of carbonyl (C=O) groups is 2. The van der Waals surface area contributed by atoms with Crippen molar-refractivity contribution >= 4 is 95.7 Å². The summed E-state index contributed by atoms with van der Waals surface area (Å²) >= 11 is 26.2. The average molecular weight is 751 g/mol. The Morgan fingerprint density at radius 1 is 0.952 bits per heavy atom. The van der Waals surface area contributed by atoms with Crippen molar-refractivity contribution in [3.63, 3.8) is 0 Å². The molecule has 0 spiro atoms. The molecule has 0 atom stereocenters. The number of rotatable bonds is 7. The van der Waals surface area contributed by atoms with Crippen molar-refractivity contribution in [3.05, 3.63) is 114 Å². The summed E-state index contributed by atoms with van der Waals surface area (Å²) in [5.74, 6) is -0.327.